The molecule has 180 valence electrons. The van der Waals surface area contributed by atoms with Gasteiger partial charge >= 0.3 is 14.4 Å². The molecule has 2 aromatic rings. The second-order valence-corrected chi connectivity index (χ2v) is 11.1. The molecule has 0 radical (unpaired) electrons. The molecule has 0 spiro atoms. The Hall–Kier alpha value is -2.05. The molecular weight excluding hydrogens is 426 g/mol. The van der Waals surface area contributed by atoms with Crippen molar-refractivity contribution in [1.29, 1.82) is 0 Å². The highest BCUT2D eigenvalue weighted by molar-refractivity contribution is 6.48. The normalized spacial score (nSPS) is 23.7. The molecule has 0 saturated carbocycles. The minimum absolute atomic E-state index is 0.208. The second kappa shape index (κ2) is 8.87. The molecule has 7 heteroatoms. The molecule has 2 fully saturated rings. The predicted octanol–water partition coefficient (Wildman–Crippen LogP) is 6.05. The van der Waals surface area contributed by atoms with E-state index in [1.54, 1.807) is 0 Å². The molecule has 5 nitrogen and oxygen atoms in total. The Morgan fingerprint density at radius 2 is 1.12 bits per heavy atom. The van der Waals surface area contributed by atoms with Gasteiger partial charge in [-0.05, 0) is 67.0 Å². The van der Waals surface area contributed by atoms with E-state index in [0.717, 1.165) is 11.1 Å². The Morgan fingerprint density at radius 1 is 0.676 bits per heavy atom. The molecule has 2 aliphatic rings. The van der Waals surface area contributed by atoms with E-state index in [2.05, 4.69) is 45.9 Å². The molecule has 0 bridgehead atoms. The van der Waals surface area contributed by atoms with E-state index in [9.17, 15) is 0 Å². The lowest BCUT2D eigenvalue weighted by atomic mass is 9.67. The summed E-state index contributed by atoms with van der Waals surface area (Å²) in [4.78, 5) is 0. The molecule has 1 atom stereocenters. The van der Waals surface area contributed by atoms with Gasteiger partial charge in [-0.25, -0.2) is 0 Å². The van der Waals surface area contributed by atoms with E-state index in [4.69, 9.17) is 23.3 Å². The monoisotopic (exact) mass is 462 g/mol. The Morgan fingerprint density at radius 3 is 1.62 bits per heavy atom. The van der Waals surface area contributed by atoms with Crippen LogP contribution in [0.2, 0.25) is 0 Å². The Kier molecular flexibility index (Phi) is 6.54. The first-order valence-corrected chi connectivity index (χ1v) is 12.0. The summed E-state index contributed by atoms with van der Waals surface area (Å²) in [5, 5.41) is 0. The molecule has 2 aliphatic heterocycles. The molecule has 0 aliphatic carbocycles. The minimum Gasteiger partial charge on any atom is -0.512 e. The largest absolute Gasteiger partial charge is 0.714 e. The number of allylic oxidation sites excluding steroid dienone is 1. The molecular formula is C27H36B2O5. The minimum atomic E-state index is -0.828. The van der Waals surface area contributed by atoms with Crippen LogP contribution < -0.4 is 0 Å². The predicted molar refractivity (Wildman–Crippen MR) is 137 cm³/mol. The highest BCUT2D eigenvalue weighted by Crippen LogP contribution is 2.43. The third-order valence-corrected chi connectivity index (χ3v) is 7.59. The van der Waals surface area contributed by atoms with Crippen molar-refractivity contribution in [2.45, 2.75) is 83.6 Å². The van der Waals surface area contributed by atoms with Crippen molar-refractivity contribution in [1.82, 2.24) is 0 Å². The lowest BCUT2D eigenvalue weighted by Crippen LogP contribution is -2.41. The van der Waals surface area contributed by atoms with Crippen LogP contribution >= 0.6 is 0 Å². The van der Waals surface area contributed by atoms with Crippen molar-refractivity contribution < 1.29 is 23.3 Å². The van der Waals surface area contributed by atoms with E-state index in [1.807, 2.05) is 76.2 Å². The highest BCUT2D eigenvalue weighted by atomic mass is 16.8. The van der Waals surface area contributed by atoms with Crippen LogP contribution in [0, 0.1) is 0 Å². The standard InChI is InChI=1S/C27H36B2O5/c1-24(2)25(3,4)32-28(31-24)22(20-15-11-9-12-16-20)19-23(21-17-13-10-14-18-21)30-29-33-26(5,6)27(7,8)34-29/h9-19,22H,1-8H3/b23-19-. The number of benzene rings is 2. The summed E-state index contributed by atoms with van der Waals surface area (Å²) < 4.78 is 31.6. The third-order valence-electron chi connectivity index (χ3n) is 7.59. The molecule has 1 unspecified atom stereocenters. The summed E-state index contributed by atoms with van der Waals surface area (Å²) in [5.74, 6) is 0.447. The second-order valence-electron chi connectivity index (χ2n) is 11.1. The van der Waals surface area contributed by atoms with Crippen LogP contribution in [0.5, 0.6) is 0 Å². The van der Waals surface area contributed by atoms with Gasteiger partial charge in [0.25, 0.3) is 0 Å². The molecule has 2 heterocycles. The third kappa shape index (κ3) is 4.85. The van der Waals surface area contributed by atoms with Gasteiger partial charge in [0.2, 0.25) is 0 Å². The fourth-order valence-corrected chi connectivity index (χ4v) is 3.95. The van der Waals surface area contributed by atoms with Crippen LogP contribution in [0.3, 0.4) is 0 Å². The van der Waals surface area contributed by atoms with Gasteiger partial charge in [0, 0.05) is 11.4 Å². The Labute approximate surface area is 205 Å². The van der Waals surface area contributed by atoms with Crippen molar-refractivity contribution >= 4 is 20.2 Å². The highest BCUT2D eigenvalue weighted by Gasteiger charge is 2.56. The summed E-state index contributed by atoms with van der Waals surface area (Å²) in [6, 6.07) is 20.2. The summed E-state index contributed by atoms with van der Waals surface area (Å²) >= 11 is 0. The zero-order valence-electron chi connectivity index (χ0n) is 21.6. The lowest BCUT2D eigenvalue weighted by molar-refractivity contribution is 0.00578. The fourth-order valence-electron chi connectivity index (χ4n) is 3.95. The first-order valence-electron chi connectivity index (χ1n) is 12.0. The van der Waals surface area contributed by atoms with Gasteiger partial charge in [0.1, 0.15) is 5.76 Å². The van der Waals surface area contributed by atoms with Crippen molar-refractivity contribution in [3.63, 3.8) is 0 Å². The maximum atomic E-state index is 6.47. The lowest BCUT2D eigenvalue weighted by Gasteiger charge is -2.32. The summed E-state index contributed by atoms with van der Waals surface area (Å²) in [6.45, 7) is 16.3. The van der Waals surface area contributed by atoms with Gasteiger partial charge in [0.15, 0.2) is 0 Å². The Bertz CT molecular complexity index is 986. The SMILES string of the molecule is CC1(C)OB(O/C(=C\C(B2OC(C)(C)C(C)(C)O2)c2ccccc2)c2ccccc2)OC1(C)C. The van der Waals surface area contributed by atoms with Crippen LogP contribution in [0.25, 0.3) is 5.76 Å². The number of hydrogen-bond acceptors (Lipinski definition) is 5. The van der Waals surface area contributed by atoms with Crippen molar-refractivity contribution in [3.05, 3.63) is 77.9 Å². The van der Waals surface area contributed by atoms with Crippen LogP contribution in [-0.2, 0) is 23.3 Å². The van der Waals surface area contributed by atoms with Crippen LogP contribution in [0.15, 0.2) is 66.7 Å². The van der Waals surface area contributed by atoms with E-state index in [0.29, 0.717) is 5.76 Å². The van der Waals surface area contributed by atoms with E-state index in [1.165, 1.54) is 0 Å². The molecule has 4 rings (SSSR count). The van der Waals surface area contributed by atoms with Crippen molar-refractivity contribution in [3.8, 4) is 0 Å². The van der Waals surface area contributed by atoms with Gasteiger partial charge in [-0.1, -0.05) is 60.7 Å². The van der Waals surface area contributed by atoms with E-state index in [-0.39, 0.29) is 5.82 Å². The van der Waals surface area contributed by atoms with Gasteiger partial charge in [-0.2, -0.15) is 0 Å². The quantitative estimate of drug-likeness (QED) is 0.387. The number of hydrogen-bond donors (Lipinski definition) is 0. The zero-order chi connectivity index (χ0) is 24.8. The smallest absolute Gasteiger partial charge is 0.512 e. The summed E-state index contributed by atoms with van der Waals surface area (Å²) in [5.41, 5.74) is 0.117. The molecule has 0 amide bonds. The van der Waals surface area contributed by atoms with E-state index < -0.39 is 36.8 Å². The van der Waals surface area contributed by atoms with Gasteiger partial charge in [-0.3, -0.25) is 0 Å². The van der Waals surface area contributed by atoms with Crippen LogP contribution in [-0.4, -0.2) is 36.8 Å². The average Bonchev–Trinajstić information content (AvgIpc) is 3.10. The average molecular weight is 462 g/mol. The zero-order valence-corrected chi connectivity index (χ0v) is 21.6. The molecule has 2 aromatic carbocycles. The van der Waals surface area contributed by atoms with E-state index >= 15 is 0 Å². The molecule has 34 heavy (non-hydrogen) atoms. The van der Waals surface area contributed by atoms with Crippen LogP contribution in [0.1, 0.15) is 72.3 Å². The Balaban J connectivity index is 1.74. The fraction of sp³-hybridized carbons (Fsp3) is 0.481. The van der Waals surface area contributed by atoms with Gasteiger partial charge in [-0.15, -0.1) is 0 Å². The van der Waals surface area contributed by atoms with Crippen LogP contribution in [0.4, 0.5) is 0 Å². The molecule has 2 saturated heterocycles. The summed E-state index contributed by atoms with van der Waals surface area (Å²) in [7, 11) is -1.31. The van der Waals surface area contributed by atoms with Gasteiger partial charge < -0.3 is 23.3 Å². The van der Waals surface area contributed by atoms with Crippen molar-refractivity contribution in [2.24, 2.45) is 0 Å². The maximum absolute atomic E-state index is 6.47. The topological polar surface area (TPSA) is 46.2 Å². The van der Waals surface area contributed by atoms with Crippen molar-refractivity contribution in [2.75, 3.05) is 0 Å². The summed E-state index contributed by atoms with van der Waals surface area (Å²) in [6.07, 6.45) is 2.07. The first-order chi connectivity index (χ1) is 15.8. The first kappa shape index (κ1) is 25.1. The maximum Gasteiger partial charge on any atom is 0.714 e. The molecule has 0 aromatic heterocycles. The molecule has 0 N–H and O–H groups in total. The number of rotatable bonds is 6. The van der Waals surface area contributed by atoms with Gasteiger partial charge in [0.05, 0.1) is 22.4 Å².